The Morgan fingerprint density at radius 2 is 1.17 bits per heavy atom. The molecule has 228 valence electrons. The lowest BCUT2D eigenvalue weighted by atomic mass is 9.82. The summed E-state index contributed by atoms with van der Waals surface area (Å²) in [6.07, 6.45) is 0. The standard InChI is InChI=1S/C45H32NOP/c1-45(2)37-19-9-6-16-35(37)42-32(18-12-20-38(42)45)29-23-25-30(26-24-29)46-39-21-10-7-15-33(39)34-27-28-41-43(44(34)46)36-17-8-11-22-40(36)48(41,47)31-13-4-3-5-14-31/h3-28H,1-2H3. The van der Waals surface area contributed by atoms with E-state index >= 15 is 4.57 Å². The van der Waals surface area contributed by atoms with Crippen LogP contribution in [0.15, 0.2) is 158 Å². The Bertz CT molecular complexity index is 2660. The Hall–Kier alpha value is -5.43. The van der Waals surface area contributed by atoms with E-state index in [1.54, 1.807) is 0 Å². The van der Waals surface area contributed by atoms with E-state index in [0.29, 0.717) is 0 Å². The summed E-state index contributed by atoms with van der Waals surface area (Å²) in [4.78, 5) is 0. The van der Waals surface area contributed by atoms with E-state index < -0.39 is 7.14 Å². The van der Waals surface area contributed by atoms with Crippen molar-refractivity contribution in [3.05, 3.63) is 169 Å². The van der Waals surface area contributed by atoms with Crippen LogP contribution in [0.4, 0.5) is 0 Å². The number of hydrogen-bond donors (Lipinski definition) is 0. The molecule has 7 aromatic carbocycles. The lowest BCUT2D eigenvalue weighted by Gasteiger charge is -2.21. The third kappa shape index (κ3) is 3.51. The molecule has 0 saturated carbocycles. The van der Waals surface area contributed by atoms with Crippen LogP contribution in [0.5, 0.6) is 0 Å². The van der Waals surface area contributed by atoms with E-state index in [2.05, 4.69) is 140 Å². The van der Waals surface area contributed by atoms with Gasteiger partial charge in [0.2, 0.25) is 0 Å². The van der Waals surface area contributed by atoms with Crippen LogP contribution in [0.25, 0.3) is 60.9 Å². The van der Waals surface area contributed by atoms with Gasteiger partial charge in [0.15, 0.2) is 7.14 Å². The van der Waals surface area contributed by atoms with Gasteiger partial charge in [0.05, 0.1) is 11.0 Å². The van der Waals surface area contributed by atoms with Crippen LogP contribution >= 0.6 is 7.14 Å². The second-order valence-corrected chi connectivity index (χ2v) is 16.3. The van der Waals surface area contributed by atoms with Crippen LogP contribution in [0, 0.1) is 0 Å². The second kappa shape index (κ2) is 9.80. The minimum absolute atomic E-state index is 0.0410. The quantitative estimate of drug-likeness (QED) is 0.178. The van der Waals surface area contributed by atoms with Gasteiger partial charge in [-0.15, -0.1) is 0 Å². The van der Waals surface area contributed by atoms with Gasteiger partial charge in [-0.05, 0) is 63.2 Å². The Kier molecular flexibility index (Phi) is 5.65. The molecule has 0 N–H and O–H groups in total. The molecule has 0 fully saturated rings. The fraction of sp³-hybridized carbons (Fsp3) is 0.0667. The molecule has 1 aromatic heterocycles. The van der Waals surface area contributed by atoms with Crippen LogP contribution < -0.4 is 15.9 Å². The number of para-hydroxylation sites is 1. The van der Waals surface area contributed by atoms with Crippen LogP contribution in [0.1, 0.15) is 25.0 Å². The summed E-state index contributed by atoms with van der Waals surface area (Å²) < 4.78 is 17.8. The number of hydrogen-bond acceptors (Lipinski definition) is 1. The predicted molar refractivity (Wildman–Crippen MR) is 202 cm³/mol. The van der Waals surface area contributed by atoms with Gasteiger partial charge in [-0.2, -0.15) is 0 Å². The Labute approximate surface area is 280 Å². The molecule has 2 nitrogen and oxygen atoms in total. The summed E-state index contributed by atoms with van der Waals surface area (Å²) in [5.74, 6) is 0. The molecular weight excluding hydrogens is 601 g/mol. The third-order valence-electron chi connectivity index (χ3n) is 10.8. The minimum Gasteiger partial charge on any atom is -0.309 e. The zero-order valence-corrected chi connectivity index (χ0v) is 27.7. The van der Waals surface area contributed by atoms with E-state index in [1.807, 2.05) is 36.4 Å². The number of benzene rings is 7. The second-order valence-electron chi connectivity index (χ2n) is 13.6. The first-order valence-corrected chi connectivity index (χ1v) is 18.3. The maximum Gasteiger partial charge on any atom is 0.172 e. The maximum atomic E-state index is 15.4. The molecule has 10 rings (SSSR count). The zero-order chi connectivity index (χ0) is 32.2. The zero-order valence-electron chi connectivity index (χ0n) is 26.8. The minimum atomic E-state index is -3.07. The molecule has 1 unspecified atom stereocenters. The van der Waals surface area contributed by atoms with E-state index in [4.69, 9.17) is 0 Å². The van der Waals surface area contributed by atoms with Gasteiger partial charge in [-0.3, -0.25) is 0 Å². The SMILES string of the molecule is CC1(C)c2ccccc2-c2c(-c3ccc(-n4c5ccccc5c5ccc6c(c54)-c4ccccc4P6(=O)c4ccccc4)cc3)cccc21. The molecule has 2 aliphatic rings. The van der Waals surface area contributed by atoms with E-state index in [-0.39, 0.29) is 5.41 Å². The van der Waals surface area contributed by atoms with E-state index in [0.717, 1.165) is 43.8 Å². The summed E-state index contributed by atoms with van der Waals surface area (Å²) in [5, 5.41) is 5.08. The average Bonchev–Trinajstić information content (AvgIpc) is 3.71. The van der Waals surface area contributed by atoms with Crippen molar-refractivity contribution in [2.24, 2.45) is 0 Å². The molecule has 0 spiro atoms. The Morgan fingerprint density at radius 1 is 0.500 bits per heavy atom. The van der Waals surface area contributed by atoms with Crippen molar-refractivity contribution < 1.29 is 4.57 Å². The van der Waals surface area contributed by atoms with Gasteiger partial charge in [0.1, 0.15) is 0 Å². The molecule has 8 aromatic rings. The van der Waals surface area contributed by atoms with Gasteiger partial charge in [0, 0.05) is 43.4 Å². The monoisotopic (exact) mass is 633 g/mol. The highest BCUT2D eigenvalue weighted by atomic mass is 31.2. The summed E-state index contributed by atoms with van der Waals surface area (Å²) >= 11 is 0. The third-order valence-corrected chi connectivity index (χ3v) is 14.0. The molecule has 1 aliphatic carbocycles. The van der Waals surface area contributed by atoms with Crippen LogP contribution in [0.3, 0.4) is 0 Å². The van der Waals surface area contributed by atoms with Crippen molar-refractivity contribution in [3.63, 3.8) is 0 Å². The van der Waals surface area contributed by atoms with Crippen molar-refractivity contribution in [3.8, 4) is 39.1 Å². The molecule has 2 heterocycles. The number of rotatable bonds is 3. The Balaban J connectivity index is 1.22. The number of fused-ring (bicyclic) bond motifs is 10. The van der Waals surface area contributed by atoms with Gasteiger partial charge in [0.25, 0.3) is 0 Å². The molecule has 0 radical (unpaired) electrons. The normalized spacial score (nSPS) is 16.9. The first-order valence-electron chi connectivity index (χ1n) is 16.6. The Morgan fingerprint density at radius 3 is 2.00 bits per heavy atom. The molecule has 48 heavy (non-hydrogen) atoms. The maximum absolute atomic E-state index is 15.4. The average molecular weight is 634 g/mol. The van der Waals surface area contributed by atoms with E-state index in [9.17, 15) is 0 Å². The summed E-state index contributed by atoms with van der Waals surface area (Å²) in [6, 6.07) is 55.9. The van der Waals surface area contributed by atoms with Crippen LogP contribution in [-0.4, -0.2) is 4.57 Å². The van der Waals surface area contributed by atoms with Crippen LogP contribution in [0.2, 0.25) is 0 Å². The predicted octanol–water partition coefficient (Wildman–Crippen LogP) is 10.4. The van der Waals surface area contributed by atoms with Crippen molar-refractivity contribution in [2.45, 2.75) is 19.3 Å². The highest BCUT2D eigenvalue weighted by Crippen LogP contribution is 2.55. The molecule has 0 saturated heterocycles. The van der Waals surface area contributed by atoms with Crippen molar-refractivity contribution in [1.82, 2.24) is 4.57 Å². The fourth-order valence-corrected chi connectivity index (χ4v) is 11.7. The van der Waals surface area contributed by atoms with Crippen molar-refractivity contribution in [2.75, 3.05) is 0 Å². The lowest BCUT2D eigenvalue weighted by molar-refractivity contribution is 0.593. The smallest absolute Gasteiger partial charge is 0.172 e. The highest BCUT2D eigenvalue weighted by molar-refractivity contribution is 7.86. The highest BCUT2D eigenvalue weighted by Gasteiger charge is 2.42. The molecule has 3 heteroatoms. The molecule has 0 amide bonds. The summed E-state index contributed by atoms with van der Waals surface area (Å²) in [7, 11) is -3.07. The summed E-state index contributed by atoms with van der Waals surface area (Å²) in [5.41, 5.74) is 13.3. The van der Waals surface area contributed by atoms with Crippen LogP contribution in [-0.2, 0) is 9.98 Å². The van der Waals surface area contributed by atoms with Gasteiger partial charge in [-0.25, -0.2) is 0 Å². The number of nitrogens with zero attached hydrogens (tertiary/aromatic N) is 1. The molecule has 0 bridgehead atoms. The van der Waals surface area contributed by atoms with E-state index in [1.165, 1.54) is 44.2 Å². The molecule has 1 atom stereocenters. The van der Waals surface area contributed by atoms with Gasteiger partial charge in [-0.1, -0.05) is 147 Å². The first kappa shape index (κ1) is 27.7. The molecular formula is C45H32NOP. The van der Waals surface area contributed by atoms with Gasteiger partial charge >= 0.3 is 0 Å². The summed E-state index contributed by atoms with van der Waals surface area (Å²) in [6.45, 7) is 4.67. The molecule has 1 aliphatic heterocycles. The van der Waals surface area contributed by atoms with Crippen molar-refractivity contribution in [1.29, 1.82) is 0 Å². The number of aromatic nitrogens is 1. The topological polar surface area (TPSA) is 22.0 Å². The first-order chi connectivity index (χ1) is 23.5. The fourth-order valence-electron chi connectivity index (χ4n) is 8.63. The van der Waals surface area contributed by atoms with Gasteiger partial charge < -0.3 is 9.13 Å². The lowest BCUT2D eigenvalue weighted by Crippen LogP contribution is -2.20. The van der Waals surface area contributed by atoms with Crippen molar-refractivity contribution >= 4 is 44.9 Å². The largest absolute Gasteiger partial charge is 0.309 e.